The lowest BCUT2D eigenvalue weighted by Crippen LogP contribution is -2.27. The molecule has 0 aliphatic carbocycles. The largest absolute Gasteiger partial charge is 0.493 e. The van der Waals surface area contributed by atoms with Gasteiger partial charge in [0.25, 0.3) is 0 Å². The van der Waals surface area contributed by atoms with Gasteiger partial charge in [-0.3, -0.25) is 0 Å². The molecule has 2 nitrogen and oxygen atoms in total. The van der Waals surface area contributed by atoms with Crippen LogP contribution in [0.15, 0.2) is 42.5 Å². The summed E-state index contributed by atoms with van der Waals surface area (Å²) in [6.45, 7) is 1.12. The fraction of sp³-hybridized carbons (Fsp3) is 0.250. The second kappa shape index (κ2) is 5.81. The lowest BCUT2D eigenvalue weighted by Gasteiger charge is -2.26. The number of hydrogen-bond acceptors (Lipinski definition) is 2. The maximum atomic E-state index is 13.7. The molecule has 4 heteroatoms. The number of hydrogen-bond donors (Lipinski definition) is 1. The Labute approximate surface area is 122 Å². The average molecular weight is 292 g/mol. The summed E-state index contributed by atoms with van der Waals surface area (Å²) in [7, 11) is 0. The van der Waals surface area contributed by atoms with Gasteiger partial charge >= 0.3 is 0 Å². The monoisotopic (exact) mass is 291 g/mol. The first-order valence-corrected chi connectivity index (χ1v) is 7.01. The normalized spacial score (nSPS) is 17.4. The summed E-state index contributed by atoms with van der Waals surface area (Å²) >= 11 is 5.90. The van der Waals surface area contributed by atoms with Crippen LogP contribution in [0.1, 0.15) is 23.6 Å². The highest BCUT2D eigenvalue weighted by atomic mass is 35.5. The number of nitrogens with one attached hydrogen (secondary N) is 1. The lowest BCUT2D eigenvalue weighted by atomic mass is 10.0. The Morgan fingerprint density at radius 3 is 3.00 bits per heavy atom. The molecule has 2 aromatic carbocycles. The Morgan fingerprint density at radius 2 is 2.10 bits per heavy atom. The summed E-state index contributed by atoms with van der Waals surface area (Å²) in [5.41, 5.74) is 1.71. The molecule has 20 heavy (non-hydrogen) atoms. The van der Waals surface area contributed by atoms with Gasteiger partial charge in [0.2, 0.25) is 0 Å². The Kier molecular flexibility index (Phi) is 3.90. The minimum atomic E-state index is -0.234. The van der Waals surface area contributed by atoms with Crippen LogP contribution < -0.4 is 10.1 Å². The van der Waals surface area contributed by atoms with E-state index in [9.17, 15) is 4.39 Å². The van der Waals surface area contributed by atoms with E-state index in [0.29, 0.717) is 23.7 Å². The second-order valence-electron chi connectivity index (χ2n) is 4.84. The number of ether oxygens (including phenoxy) is 1. The molecule has 0 spiro atoms. The van der Waals surface area contributed by atoms with Gasteiger partial charge in [0, 0.05) is 35.2 Å². The molecular formula is C16H15ClFNO. The van der Waals surface area contributed by atoms with Gasteiger partial charge in [0.15, 0.2) is 0 Å². The van der Waals surface area contributed by atoms with Gasteiger partial charge in [-0.05, 0) is 24.3 Å². The predicted octanol–water partition coefficient (Wildman–Crippen LogP) is 4.09. The Morgan fingerprint density at radius 1 is 1.25 bits per heavy atom. The van der Waals surface area contributed by atoms with Crippen molar-refractivity contribution in [1.82, 2.24) is 5.32 Å². The van der Waals surface area contributed by atoms with Crippen LogP contribution in [0.25, 0.3) is 0 Å². The molecule has 1 N–H and O–H groups in total. The minimum Gasteiger partial charge on any atom is -0.493 e. The van der Waals surface area contributed by atoms with Crippen LogP contribution in [0, 0.1) is 5.82 Å². The summed E-state index contributed by atoms with van der Waals surface area (Å²) in [6.07, 6.45) is 0.874. The molecular weight excluding hydrogens is 277 g/mol. The number of benzene rings is 2. The highest BCUT2D eigenvalue weighted by Gasteiger charge is 2.20. The highest BCUT2D eigenvalue weighted by molar-refractivity contribution is 6.30. The van der Waals surface area contributed by atoms with Gasteiger partial charge in [-0.2, -0.15) is 0 Å². The van der Waals surface area contributed by atoms with Crippen LogP contribution in [0.5, 0.6) is 5.75 Å². The van der Waals surface area contributed by atoms with E-state index < -0.39 is 0 Å². The molecule has 0 aromatic heterocycles. The van der Waals surface area contributed by atoms with Crippen molar-refractivity contribution in [2.45, 2.75) is 19.0 Å². The Hall–Kier alpha value is -1.58. The van der Waals surface area contributed by atoms with Crippen LogP contribution in [0.2, 0.25) is 5.02 Å². The van der Waals surface area contributed by atoms with Crippen molar-refractivity contribution < 1.29 is 9.13 Å². The molecule has 1 aliphatic rings. The predicted molar refractivity (Wildman–Crippen MR) is 77.5 cm³/mol. The number of rotatable bonds is 3. The Bertz CT molecular complexity index is 617. The smallest absolute Gasteiger partial charge is 0.127 e. The van der Waals surface area contributed by atoms with Gasteiger partial charge in [-0.25, -0.2) is 4.39 Å². The Balaban J connectivity index is 1.75. The SMILES string of the molecule is Fc1ccc(Cl)cc1CNC1CCOc2ccccc21. The summed E-state index contributed by atoms with van der Waals surface area (Å²) < 4.78 is 19.3. The fourth-order valence-corrected chi connectivity index (χ4v) is 2.66. The maximum absolute atomic E-state index is 13.7. The van der Waals surface area contributed by atoms with Crippen molar-refractivity contribution in [3.63, 3.8) is 0 Å². The molecule has 1 aliphatic heterocycles. The van der Waals surface area contributed by atoms with E-state index in [4.69, 9.17) is 16.3 Å². The van der Waals surface area contributed by atoms with Gasteiger partial charge in [-0.1, -0.05) is 29.8 Å². The molecule has 1 heterocycles. The summed E-state index contributed by atoms with van der Waals surface area (Å²) in [6, 6.07) is 12.7. The summed E-state index contributed by atoms with van der Waals surface area (Å²) in [5.74, 6) is 0.671. The molecule has 0 radical (unpaired) electrons. The van der Waals surface area contributed by atoms with E-state index >= 15 is 0 Å². The third kappa shape index (κ3) is 2.79. The zero-order valence-electron chi connectivity index (χ0n) is 10.9. The standard InChI is InChI=1S/C16H15ClFNO/c17-12-5-6-14(18)11(9-12)10-19-15-7-8-20-16-4-2-1-3-13(15)16/h1-6,9,15,19H,7-8,10H2. The maximum Gasteiger partial charge on any atom is 0.127 e. The van der Waals surface area contributed by atoms with Crippen molar-refractivity contribution in [2.75, 3.05) is 6.61 Å². The minimum absolute atomic E-state index is 0.179. The summed E-state index contributed by atoms with van der Waals surface area (Å²) in [5, 5.41) is 3.93. The highest BCUT2D eigenvalue weighted by Crippen LogP contribution is 2.31. The molecule has 0 bridgehead atoms. The van der Waals surface area contributed by atoms with Crippen molar-refractivity contribution >= 4 is 11.6 Å². The van der Waals surface area contributed by atoms with E-state index in [0.717, 1.165) is 17.7 Å². The number of para-hydroxylation sites is 1. The lowest BCUT2D eigenvalue weighted by molar-refractivity contribution is 0.252. The van der Waals surface area contributed by atoms with Crippen LogP contribution in [0.3, 0.4) is 0 Å². The van der Waals surface area contributed by atoms with E-state index in [1.807, 2.05) is 24.3 Å². The topological polar surface area (TPSA) is 21.3 Å². The first-order valence-electron chi connectivity index (χ1n) is 6.63. The zero-order valence-corrected chi connectivity index (χ0v) is 11.7. The third-order valence-electron chi connectivity index (χ3n) is 3.51. The average Bonchev–Trinajstić information content (AvgIpc) is 2.48. The number of fused-ring (bicyclic) bond motifs is 1. The van der Waals surface area contributed by atoms with E-state index in [1.165, 1.54) is 6.07 Å². The first-order chi connectivity index (χ1) is 9.74. The summed E-state index contributed by atoms with van der Waals surface area (Å²) in [4.78, 5) is 0. The zero-order chi connectivity index (χ0) is 13.9. The van der Waals surface area contributed by atoms with Gasteiger partial charge < -0.3 is 10.1 Å². The molecule has 1 atom stereocenters. The quantitative estimate of drug-likeness (QED) is 0.919. The van der Waals surface area contributed by atoms with E-state index in [1.54, 1.807) is 12.1 Å². The van der Waals surface area contributed by atoms with Crippen LogP contribution in [0.4, 0.5) is 4.39 Å². The first kappa shape index (κ1) is 13.4. The van der Waals surface area contributed by atoms with Gasteiger partial charge in [-0.15, -0.1) is 0 Å². The number of halogens is 2. The van der Waals surface area contributed by atoms with Crippen molar-refractivity contribution in [3.8, 4) is 5.75 Å². The molecule has 0 fully saturated rings. The molecule has 2 aromatic rings. The molecule has 0 amide bonds. The van der Waals surface area contributed by atoms with Crippen molar-refractivity contribution in [2.24, 2.45) is 0 Å². The molecule has 1 unspecified atom stereocenters. The van der Waals surface area contributed by atoms with E-state index in [2.05, 4.69) is 5.32 Å². The second-order valence-corrected chi connectivity index (χ2v) is 5.28. The molecule has 0 saturated heterocycles. The molecule has 104 valence electrons. The van der Waals surface area contributed by atoms with Gasteiger partial charge in [0.05, 0.1) is 6.61 Å². The van der Waals surface area contributed by atoms with Crippen LogP contribution >= 0.6 is 11.6 Å². The van der Waals surface area contributed by atoms with Crippen LogP contribution in [-0.2, 0) is 6.54 Å². The van der Waals surface area contributed by atoms with Crippen LogP contribution in [-0.4, -0.2) is 6.61 Å². The molecule has 3 rings (SSSR count). The molecule has 0 saturated carbocycles. The van der Waals surface area contributed by atoms with Gasteiger partial charge in [0.1, 0.15) is 11.6 Å². The third-order valence-corrected chi connectivity index (χ3v) is 3.74. The van der Waals surface area contributed by atoms with Crippen molar-refractivity contribution in [3.05, 3.63) is 64.4 Å². The fourth-order valence-electron chi connectivity index (χ4n) is 2.47. The van der Waals surface area contributed by atoms with Crippen molar-refractivity contribution in [1.29, 1.82) is 0 Å². The van der Waals surface area contributed by atoms with E-state index in [-0.39, 0.29) is 11.9 Å².